The molecular weight excluding hydrogens is 467 g/mol. The maximum absolute atomic E-state index is 14.3. The van der Waals surface area contributed by atoms with Crippen molar-refractivity contribution >= 4 is 22.4 Å². The van der Waals surface area contributed by atoms with Crippen molar-refractivity contribution in [3.63, 3.8) is 0 Å². The Bertz CT molecular complexity index is 1270. The number of unbranched alkanes of at least 4 members (excludes halogenated alkanes) is 1. The Morgan fingerprint density at radius 2 is 1.94 bits per heavy atom. The van der Waals surface area contributed by atoms with E-state index in [2.05, 4.69) is 47.9 Å². The molecule has 0 atom stereocenters. The van der Waals surface area contributed by atoms with E-state index < -0.39 is 11.7 Å². The number of carbonyl (C=O) groups excluding carboxylic acids is 1. The molecule has 9 nitrogen and oxygen atoms in total. The zero-order valence-electron chi connectivity index (χ0n) is 19.3. The minimum absolute atomic E-state index is 0.0394. The van der Waals surface area contributed by atoms with Crippen molar-refractivity contribution in [3.8, 4) is 10.6 Å². The highest BCUT2D eigenvalue weighted by atomic mass is 32.1. The summed E-state index contributed by atoms with van der Waals surface area (Å²) in [5, 5.41) is 23.9. The van der Waals surface area contributed by atoms with Gasteiger partial charge in [-0.05, 0) is 34.5 Å². The van der Waals surface area contributed by atoms with Crippen LogP contribution in [0.3, 0.4) is 0 Å². The van der Waals surface area contributed by atoms with E-state index in [9.17, 15) is 9.18 Å². The summed E-state index contributed by atoms with van der Waals surface area (Å²) in [5.74, 6) is 0.255. The Morgan fingerprint density at radius 3 is 2.66 bits per heavy atom. The second-order valence-electron chi connectivity index (χ2n) is 8.55. The molecular formula is C24H25FN8OS. The number of rotatable bonds is 9. The van der Waals surface area contributed by atoms with E-state index in [4.69, 9.17) is 0 Å². The maximum atomic E-state index is 14.3. The van der Waals surface area contributed by atoms with Crippen LogP contribution in [-0.2, 0) is 6.54 Å². The van der Waals surface area contributed by atoms with Crippen molar-refractivity contribution in [3.05, 3.63) is 71.3 Å². The van der Waals surface area contributed by atoms with Crippen LogP contribution in [0.1, 0.15) is 47.4 Å². The van der Waals surface area contributed by atoms with Gasteiger partial charge in [0, 0.05) is 37.7 Å². The molecule has 180 valence electrons. The van der Waals surface area contributed by atoms with Gasteiger partial charge in [0.05, 0.1) is 5.56 Å². The second-order valence-corrected chi connectivity index (χ2v) is 9.51. The minimum atomic E-state index is -0.537. The minimum Gasteiger partial charge on any atom is -0.298 e. The van der Waals surface area contributed by atoms with Crippen LogP contribution in [0.25, 0.3) is 10.6 Å². The number of hydrogen-bond donors (Lipinski definition) is 1. The van der Waals surface area contributed by atoms with Gasteiger partial charge in [-0.15, -0.1) is 15.3 Å². The smallest absolute Gasteiger partial charge is 0.263 e. The highest BCUT2D eigenvalue weighted by Gasteiger charge is 2.30. The van der Waals surface area contributed by atoms with Crippen molar-refractivity contribution in [1.29, 1.82) is 0 Å². The zero-order valence-corrected chi connectivity index (χ0v) is 20.1. The molecule has 4 aromatic rings. The van der Waals surface area contributed by atoms with Crippen LogP contribution in [0, 0.1) is 5.82 Å². The van der Waals surface area contributed by atoms with E-state index in [1.165, 1.54) is 33.9 Å². The number of likely N-dealkylation sites (tertiary alicyclic amines) is 1. The average molecular weight is 493 g/mol. The summed E-state index contributed by atoms with van der Waals surface area (Å²) in [4.78, 5) is 17.0. The molecule has 3 heterocycles. The third-order valence-electron chi connectivity index (χ3n) is 6.04. The Kier molecular flexibility index (Phi) is 6.87. The van der Waals surface area contributed by atoms with E-state index >= 15 is 0 Å². The molecule has 1 amide bonds. The molecule has 1 aliphatic rings. The molecule has 0 saturated carbocycles. The van der Waals surface area contributed by atoms with E-state index in [0.717, 1.165) is 48.9 Å². The summed E-state index contributed by atoms with van der Waals surface area (Å²) in [7, 11) is 0. The lowest BCUT2D eigenvalue weighted by Crippen LogP contribution is -2.44. The lowest BCUT2D eigenvalue weighted by atomic mass is 9.98. The summed E-state index contributed by atoms with van der Waals surface area (Å²) < 4.78 is 14.3. The highest BCUT2D eigenvalue weighted by Crippen LogP contribution is 2.31. The third kappa shape index (κ3) is 5.10. The zero-order chi connectivity index (χ0) is 24.2. The molecule has 35 heavy (non-hydrogen) atoms. The molecule has 1 saturated heterocycles. The number of H-pyrrole nitrogens is 1. The van der Waals surface area contributed by atoms with Crippen molar-refractivity contribution in [2.45, 2.75) is 32.2 Å². The molecule has 2 aromatic carbocycles. The number of carbonyl (C=O) groups is 1. The first-order valence-electron chi connectivity index (χ1n) is 11.6. The number of aromatic amines is 1. The number of halogens is 1. The molecule has 0 aliphatic carbocycles. The second kappa shape index (κ2) is 10.4. The lowest BCUT2D eigenvalue weighted by molar-refractivity contribution is 0.0982. The number of nitrogens with zero attached hydrogens (tertiary/aromatic N) is 7. The van der Waals surface area contributed by atoms with Crippen molar-refractivity contribution in [2.24, 2.45) is 0 Å². The molecule has 0 spiro atoms. The average Bonchev–Trinajstić information content (AvgIpc) is 3.55. The number of amides is 1. The van der Waals surface area contributed by atoms with E-state index in [0.29, 0.717) is 17.6 Å². The third-order valence-corrected chi connectivity index (χ3v) is 7.04. The molecule has 5 rings (SSSR count). The molecule has 1 fully saturated rings. The van der Waals surface area contributed by atoms with E-state index in [1.807, 2.05) is 19.1 Å². The fourth-order valence-corrected chi connectivity index (χ4v) is 4.92. The maximum Gasteiger partial charge on any atom is 0.263 e. The molecule has 0 bridgehead atoms. The lowest BCUT2D eigenvalue weighted by Gasteiger charge is -2.37. The van der Waals surface area contributed by atoms with E-state index in [-0.39, 0.29) is 5.56 Å². The number of benzene rings is 2. The predicted molar refractivity (Wildman–Crippen MR) is 131 cm³/mol. The molecule has 1 N–H and O–H groups in total. The van der Waals surface area contributed by atoms with Gasteiger partial charge in [-0.1, -0.05) is 61.1 Å². The summed E-state index contributed by atoms with van der Waals surface area (Å²) in [6.07, 6.45) is 1.69. The fourth-order valence-electron chi connectivity index (χ4n) is 4.04. The van der Waals surface area contributed by atoms with Crippen molar-refractivity contribution in [2.75, 3.05) is 24.5 Å². The van der Waals surface area contributed by atoms with Gasteiger partial charge >= 0.3 is 0 Å². The van der Waals surface area contributed by atoms with Gasteiger partial charge in [-0.2, -0.15) is 0 Å². The van der Waals surface area contributed by atoms with Gasteiger partial charge in [-0.25, -0.2) is 9.49 Å². The Balaban J connectivity index is 1.26. The predicted octanol–water partition coefficient (Wildman–Crippen LogP) is 3.90. The van der Waals surface area contributed by atoms with Crippen molar-refractivity contribution < 1.29 is 9.18 Å². The van der Waals surface area contributed by atoms with E-state index in [1.54, 1.807) is 12.1 Å². The quantitative estimate of drug-likeness (QED) is 0.378. The van der Waals surface area contributed by atoms with Crippen LogP contribution < -0.4 is 4.90 Å². The normalized spacial score (nSPS) is 14.1. The highest BCUT2D eigenvalue weighted by molar-refractivity contribution is 7.18. The van der Waals surface area contributed by atoms with Gasteiger partial charge < -0.3 is 0 Å². The van der Waals surface area contributed by atoms with Crippen molar-refractivity contribution in [1.82, 2.24) is 35.7 Å². The summed E-state index contributed by atoms with van der Waals surface area (Å²) >= 11 is 1.34. The van der Waals surface area contributed by atoms with Gasteiger partial charge in [0.1, 0.15) is 10.8 Å². The Morgan fingerprint density at radius 1 is 1.14 bits per heavy atom. The monoisotopic (exact) mass is 492 g/mol. The van der Waals surface area contributed by atoms with Crippen LogP contribution in [0.15, 0.2) is 48.5 Å². The SMILES string of the molecule is CCCCN(C(=O)c1ccccc1F)c1nnc(-c2ccc(CN3CC(c4nnn[nH]4)C3)cc2)s1. The van der Waals surface area contributed by atoms with Crippen LogP contribution in [-0.4, -0.2) is 61.3 Å². The van der Waals surface area contributed by atoms with Crippen LogP contribution in [0.2, 0.25) is 0 Å². The van der Waals surface area contributed by atoms with Gasteiger partial charge in [-0.3, -0.25) is 14.6 Å². The summed E-state index contributed by atoms with van der Waals surface area (Å²) in [6, 6.07) is 14.2. The van der Waals surface area contributed by atoms with Crippen LogP contribution >= 0.6 is 11.3 Å². The summed E-state index contributed by atoms with van der Waals surface area (Å²) in [5.41, 5.74) is 2.17. The summed E-state index contributed by atoms with van der Waals surface area (Å²) in [6.45, 7) is 5.19. The number of anilines is 1. The number of nitrogens with one attached hydrogen (secondary N) is 1. The van der Waals surface area contributed by atoms with Gasteiger partial charge in [0.15, 0.2) is 5.82 Å². The number of tetrazole rings is 1. The number of hydrogen-bond acceptors (Lipinski definition) is 8. The standard InChI is InChI=1S/C24H25FN8OS/c1-2-3-12-33(23(34)19-6-4-5-7-20(19)25)24-29-28-22(35-24)17-10-8-16(9-11-17)13-32-14-18(15-32)21-26-30-31-27-21/h4-11,18H,2-3,12-15H2,1H3,(H,26,27,30,31). The van der Waals surface area contributed by atoms with Gasteiger partial charge in [0.25, 0.3) is 5.91 Å². The first kappa shape index (κ1) is 23.2. The first-order chi connectivity index (χ1) is 17.1. The molecule has 0 radical (unpaired) electrons. The first-order valence-corrected chi connectivity index (χ1v) is 12.4. The topological polar surface area (TPSA) is 104 Å². The fraction of sp³-hybridized carbons (Fsp3) is 0.333. The largest absolute Gasteiger partial charge is 0.298 e. The van der Waals surface area contributed by atoms with Crippen LogP contribution in [0.4, 0.5) is 9.52 Å². The molecule has 11 heteroatoms. The molecule has 2 aromatic heterocycles. The Hall–Kier alpha value is -3.57. The molecule has 1 aliphatic heterocycles. The molecule has 0 unspecified atom stereocenters. The van der Waals surface area contributed by atoms with Gasteiger partial charge in [0.2, 0.25) is 5.13 Å². The van der Waals surface area contributed by atoms with Crippen LogP contribution in [0.5, 0.6) is 0 Å². The Labute approximate surface area is 206 Å². The number of aromatic nitrogens is 6.